The molecule has 0 heterocycles. The number of benzene rings is 2. The number of halogens is 4. The van der Waals surface area contributed by atoms with Gasteiger partial charge in [-0.05, 0) is 35.4 Å². The summed E-state index contributed by atoms with van der Waals surface area (Å²) in [6.45, 7) is 0. The van der Waals surface area contributed by atoms with Crippen LogP contribution in [0.5, 0.6) is 0 Å². The standard InChI is InChI=1S/C14H10F4O/c15-10-3-8(4-11(16)7-10)5-14(19)9-1-2-12(17)13(18)6-9/h1-4,6-7,14,19H,5H2. The maximum absolute atomic E-state index is 13.0. The summed E-state index contributed by atoms with van der Waals surface area (Å²) >= 11 is 0. The van der Waals surface area contributed by atoms with Crippen molar-refractivity contribution in [1.29, 1.82) is 0 Å². The molecule has 1 N–H and O–H groups in total. The molecule has 5 heteroatoms. The maximum Gasteiger partial charge on any atom is 0.159 e. The molecule has 0 amide bonds. The average molecular weight is 270 g/mol. The van der Waals surface area contributed by atoms with Gasteiger partial charge in [0.25, 0.3) is 0 Å². The number of aliphatic hydroxyl groups is 1. The smallest absolute Gasteiger partial charge is 0.159 e. The quantitative estimate of drug-likeness (QED) is 0.846. The lowest BCUT2D eigenvalue weighted by atomic mass is 10.0. The van der Waals surface area contributed by atoms with E-state index >= 15 is 0 Å². The highest BCUT2D eigenvalue weighted by atomic mass is 19.2. The van der Waals surface area contributed by atoms with Crippen LogP contribution in [0.3, 0.4) is 0 Å². The van der Waals surface area contributed by atoms with Crippen LogP contribution in [-0.2, 0) is 6.42 Å². The van der Waals surface area contributed by atoms with Crippen molar-refractivity contribution in [3.63, 3.8) is 0 Å². The molecular formula is C14H10F4O. The van der Waals surface area contributed by atoms with E-state index in [-0.39, 0.29) is 17.5 Å². The van der Waals surface area contributed by atoms with Crippen LogP contribution in [-0.4, -0.2) is 5.11 Å². The third kappa shape index (κ3) is 3.32. The van der Waals surface area contributed by atoms with Crippen LogP contribution < -0.4 is 0 Å². The predicted octanol–water partition coefficient (Wildman–Crippen LogP) is 3.52. The average Bonchev–Trinajstić information content (AvgIpc) is 2.31. The van der Waals surface area contributed by atoms with Gasteiger partial charge >= 0.3 is 0 Å². The van der Waals surface area contributed by atoms with Gasteiger partial charge in [0.2, 0.25) is 0 Å². The second-order valence-corrected chi connectivity index (χ2v) is 4.17. The SMILES string of the molecule is OC(Cc1cc(F)cc(F)c1)c1ccc(F)c(F)c1. The fourth-order valence-corrected chi connectivity index (χ4v) is 1.79. The minimum atomic E-state index is -1.17. The Labute approximate surface area is 107 Å². The van der Waals surface area contributed by atoms with E-state index in [1.54, 1.807) is 0 Å². The first-order valence-electron chi connectivity index (χ1n) is 5.53. The van der Waals surface area contributed by atoms with Gasteiger partial charge < -0.3 is 5.11 Å². The highest BCUT2D eigenvalue weighted by Gasteiger charge is 2.12. The number of hydrogen-bond acceptors (Lipinski definition) is 1. The number of rotatable bonds is 3. The monoisotopic (exact) mass is 270 g/mol. The molecule has 0 radical (unpaired) electrons. The van der Waals surface area contributed by atoms with Gasteiger partial charge in [-0.2, -0.15) is 0 Å². The number of hydrogen-bond donors (Lipinski definition) is 1. The molecular weight excluding hydrogens is 260 g/mol. The lowest BCUT2D eigenvalue weighted by Gasteiger charge is -2.11. The van der Waals surface area contributed by atoms with E-state index in [4.69, 9.17) is 0 Å². The fourth-order valence-electron chi connectivity index (χ4n) is 1.79. The molecule has 0 saturated heterocycles. The second-order valence-electron chi connectivity index (χ2n) is 4.17. The molecule has 0 aromatic heterocycles. The Kier molecular flexibility index (Phi) is 3.85. The Bertz CT molecular complexity index is 578. The predicted molar refractivity (Wildman–Crippen MR) is 61.4 cm³/mol. The van der Waals surface area contributed by atoms with E-state index in [0.717, 1.165) is 24.3 Å². The topological polar surface area (TPSA) is 20.2 Å². The van der Waals surface area contributed by atoms with Gasteiger partial charge in [0.15, 0.2) is 11.6 Å². The minimum Gasteiger partial charge on any atom is -0.388 e. The summed E-state index contributed by atoms with van der Waals surface area (Å²) in [6.07, 6.45) is -1.27. The van der Waals surface area contributed by atoms with Crippen molar-refractivity contribution in [1.82, 2.24) is 0 Å². The van der Waals surface area contributed by atoms with Crippen LogP contribution in [0.2, 0.25) is 0 Å². The molecule has 1 atom stereocenters. The summed E-state index contributed by atoms with van der Waals surface area (Å²) < 4.78 is 51.7. The van der Waals surface area contributed by atoms with Crippen LogP contribution in [0.4, 0.5) is 17.6 Å². The lowest BCUT2D eigenvalue weighted by Crippen LogP contribution is -2.03. The van der Waals surface area contributed by atoms with Crippen molar-refractivity contribution in [2.75, 3.05) is 0 Å². The molecule has 2 rings (SSSR count). The van der Waals surface area contributed by atoms with Crippen molar-refractivity contribution >= 4 is 0 Å². The minimum absolute atomic E-state index is 0.0975. The van der Waals surface area contributed by atoms with Gasteiger partial charge in [-0.1, -0.05) is 6.07 Å². The fraction of sp³-hybridized carbons (Fsp3) is 0.143. The van der Waals surface area contributed by atoms with Crippen LogP contribution in [0, 0.1) is 23.3 Å². The number of aliphatic hydroxyl groups excluding tert-OH is 1. The Morgan fingerprint density at radius 2 is 1.47 bits per heavy atom. The van der Waals surface area contributed by atoms with Crippen molar-refractivity contribution < 1.29 is 22.7 Å². The van der Waals surface area contributed by atoms with Gasteiger partial charge in [0.1, 0.15) is 11.6 Å². The first-order valence-corrected chi connectivity index (χ1v) is 5.53. The molecule has 2 aromatic carbocycles. The summed E-state index contributed by atoms with van der Waals surface area (Å²) in [4.78, 5) is 0. The van der Waals surface area contributed by atoms with Gasteiger partial charge in [0, 0.05) is 12.5 Å². The van der Waals surface area contributed by atoms with Gasteiger partial charge in [-0.3, -0.25) is 0 Å². The van der Waals surface area contributed by atoms with E-state index < -0.39 is 29.4 Å². The summed E-state index contributed by atoms with van der Waals surface area (Å²) in [5.41, 5.74) is 0.373. The molecule has 0 bridgehead atoms. The molecule has 0 fully saturated rings. The first-order chi connectivity index (χ1) is 8.95. The zero-order valence-electron chi connectivity index (χ0n) is 9.71. The lowest BCUT2D eigenvalue weighted by molar-refractivity contribution is 0.177. The molecule has 0 aliphatic rings. The summed E-state index contributed by atoms with van der Waals surface area (Å²) in [5, 5.41) is 9.84. The van der Waals surface area contributed by atoms with Gasteiger partial charge in [-0.15, -0.1) is 0 Å². The van der Waals surface area contributed by atoms with Crippen molar-refractivity contribution in [2.45, 2.75) is 12.5 Å². The largest absolute Gasteiger partial charge is 0.388 e. The normalized spacial score (nSPS) is 12.5. The maximum atomic E-state index is 13.0. The van der Waals surface area contributed by atoms with Gasteiger partial charge in [0.05, 0.1) is 6.10 Å². The highest BCUT2D eigenvalue weighted by Crippen LogP contribution is 2.21. The molecule has 0 saturated carbocycles. The van der Waals surface area contributed by atoms with Crippen LogP contribution >= 0.6 is 0 Å². The zero-order chi connectivity index (χ0) is 14.0. The molecule has 1 unspecified atom stereocenters. The second kappa shape index (κ2) is 5.40. The Morgan fingerprint density at radius 1 is 0.842 bits per heavy atom. The summed E-state index contributed by atoms with van der Waals surface area (Å²) in [6, 6.07) is 5.83. The zero-order valence-corrected chi connectivity index (χ0v) is 9.71. The molecule has 19 heavy (non-hydrogen) atoms. The van der Waals surface area contributed by atoms with E-state index in [1.165, 1.54) is 6.07 Å². The van der Waals surface area contributed by atoms with E-state index in [2.05, 4.69) is 0 Å². The third-order valence-corrected chi connectivity index (χ3v) is 2.68. The molecule has 0 aliphatic carbocycles. The van der Waals surface area contributed by atoms with Crippen LogP contribution in [0.15, 0.2) is 36.4 Å². The van der Waals surface area contributed by atoms with E-state index in [0.29, 0.717) is 6.07 Å². The van der Waals surface area contributed by atoms with Crippen molar-refractivity contribution in [2.24, 2.45) is 0 Å². The van der Waals surface area contributed by atoms with Gasteiger partial charge in [-0.25, -0.2) is 17.6 Å². The molecule has 1 nitrogen and oxygen atoms in total. The first kappa shape index (κ1) is 13.5. The van der Waals surface area contributed by atoms with Crippen molar-refractivity contribution in [3.05, 3.63) is 70.8 Å². The Morgan fingerprint density at radius 3 is 2.05 bits per heavy atom. The van der Waals surface area contributed by atoms with Crippen LogP contribution in [0.1, 0.15) is 17.2 Å². The van der Waals surface area contributed by atoms with E-state index in [9.17, 15) is 22.7 Å². The third-order valence-electron chi connectivity index (χ3n) is 2.68. The van der Waals surface area contributed by atoms with Crippen LogP contribution in [0.25, 0.3) is 0 Å². The Balaban J connectivity index is 2.20. The summed E-state index contributed by atoms with van der Waals surface area (Å²) in [7, 11) is 0. The molecule has 2 aromatic rings. The highest BCUT2D eigenvalue weighted by molar-refractivity contribution is 5.24. The Hall–Kier alpha value is -1.88. The van der Waals surface area contributed by atoms with E-state index in [1.807, 2.05) is 0 Å². The summed E-state index contributed by atoms with van der Waals surface area (Å²) in [5.74, 6) is -3.62. The molecule has 100 valence electrons. The molecule has 0 spiro atoms. The molecule has 0 aliphatic heterocycles. The van der Waals surface area contributed by atoms with Crippen molar-refractivity contribution in [3.8, 4) is 0 Å².